The maximum atomic E-state index is 11.3. The monoisotopic (exact) mass is 218 g/mol. The molecule has 3 N–H and O–H groups in total. The average Bonchev–Trinajstić information content (AvgIpc) is 2.06. The summed E-state index contributed by atoms with van der Waals surface area (Å²) >= 11 is 1.36. The van der Waals surface area contributed by atoms with Crippen LogP contribution < -0.4 is 5.73 Å². The second-order valence-electron chi connectivity index (χ2n) is 3.22. The second-order valence-corrected chi connectivity index (χ2v) is 4.33. The third-order valence-corrected chi connectivity index (χ3v) is 2.90. The van der Waals surface area contributed by atoms with Crippen LogP contribution in [0.5, 0.6) is 0 Å². The van der Waals surface area contributed by atoms with Crippen molar-refractivity contribution in [1.82, 2.24) is 4.90 Å². The number of aliphatic hydroxyl groups excluding tert-OH is 1. The molecule has 0 aromatic heterocycles. The van der Waals surface area contributed by atoms with Crippen LogP contribution in [0.2, 0.25) is 0 Å². The van der Waals surface area contributed by atoms with Gasteiger partial charge in [0.25, 0.3) is 0 Å². The largest absolute Gasteiger partial charge is 0.389 e. The van der Waals surface area contributed by atoms with Gasteiger partial charge in [0.05, 0.1) is 11.9 Å². The van der Waals surface area contributed by atoms with Crippen molar-refractivity contribution in [3.05, 3.63) is 0 Å². The lowest BCUT2D eigenvalue weighted by Crippen LogP contribution is -2.53. The molecule has 2 amide bonds. The van der Waals surface area contributed by atoms with Crippen LogP contribution in [0.25, 0.3) is 0 Å². The van der Waals surface area contributed by atoms with E-state index in [0.717, 1.165) is 0 Å². The molecule has 6 heteroatoms. The zero-order valence-electron chi connectivity index (χ0n) is 7.81. The molecule has 0 bridgehead atoms. The Hall–Kier alpha value is -0.750. The number of hydrogen-bond acceptors (Lipinski definition) is 4. The number of β-amino-alcohol motifs (C(OH)–C–C–N with tert-alkyl or cyclic N) is 1. The molecule has 0 unspecified atom stereocenters. The number of carbonyl (C=O) groups is 2. The number of nitrogens with zero attached hydrogens (tertiary/aromatic N) is 1. The lowest BCUT2D eigenvalue weighted by molar-refractivity contribution is -0.140. The number of amides is 2. The summed E-state index contributed by atoms with van der Waals surface area (Å²) in [5.41, 5.74) is 4.94. The van der Waals surface area contributed by atoms with E-state index in [9.17, 15) is 9.59 Å². The number of carbonyl (C=O) groups excluding carboxylic acids is 2. The summed E-state index contributed by atoms with van der Waals surface area (Å²) in [7, 11) is 0. The Morgan fingerprint density at radius 1 is 1.50 bits per heavy atom. The van der Waals surface area contributed by atoms with Gasteiger partial charge in [-0.25, -0.2) is 0 Å². The number of nitrogens with two attached hydrogens (primary N) is 1. The van der Waals surface area contributed by atoms with Crippen LogP contribution in [0.15, 0.2) is 0 Å². The minimum absolute atomic E-state index is 0.0345. The summed E-state index contributed by atoms with van der Waals surface area (Å²) in [5, 5.41) is 8.95. The van der Waals surface area contributed by atoms with Gasteiger partial charge >= 0.3 is 0 Å². The van der Waals surface area contributed by atoms with E-state index in [0.29, 0.717) is 25.3 Å². The first-order valence-corrected chi connectivity index (χ1v) is 5.57. The van der Waals surface area contributed by atoms with E-state index in [1.807, 2.05) is 0 Å². The molecule has 0 spiro atoms. The predicted molar refractivity (Wildman–Crippen MR) is 53.7 cm³/mol. The predicted octanol–water partition coefficient (Wildman–Crippen LogP) is -1.20. The molecule has 1 aliphatic rings. The normalized spacial score (nSPS) is 16.5. The van der Waals surface area contributed by atoms with Crippen LogP contribution in [0.1, 0.15) is 6.42 Å². The summed E-state index contributed by atoms with van der Waals surface area (Å²) in [6.07, 6.45) is 0.0576. The van der Waals surface area contributed by atoms with Crippen molar-refractivity contribution in [2.75, 3.05) is 24.6 Å². The first-order chi connectivity index (χ1) is 6.59. The van der Waals surface area contributed by atoms with Crippen molar-refractivity contribution in [2.45, 2.75) is 12.5 Å². The van der Waals surface area contributed by atoms with Gasteiger partial charge in [-0.1, -0.05) is 0 Å². The average molecular weight is 218 g/mol. The topological polar surface area (TPSA) is 83.6 Å². The number of thioether (sulfide) groups is 1. The maximum absolute atomic E-state index is 11.3. The molecule has 1 fully saturated rings. The van der Waals surface area contributed by atoms with Gasteiger partial charge in [0, 0.05) is 25.3 Å². The molecule has 1 heterocycles. The Labute approximate surface area is 86.6 Å². The van der Waals surface area contributed by atoms with Crippen LogP contribution in [0, 0.1) is 0 Å². The summed E-state index contributed by atoms with van der Waals surface area (Å²) < 4.78 is 0. The van der Waals surface area contributed by atoms with E-state index in [4.69, 9.17) is 10.8 Å². The second kappa shape index (κ2) is 5.21. The molecule has 0 atom stereocenters. The zero-order valence-corrected chi connectivity index (χ0v) is 8.63. The summed E-state index contributed by atoms with van der Waals surface area (Å²) in [5.74, 6) is 0.540. The van der Waals surface area contributed by atoms with Gasteiger partial charge in [-0.15, -0.1) is 0 Å². The fourth-order valence-electron chi connectivity index (χ4n) is 1.15. The fraction of sp³-hybridized carbons (Fsp3) is 0.750. The summed E-state index contributed by atoms with van der Waals surface area (Å²) in [6.45, 7) is 0.888. The van der Waals surface area contributed by atoms with Gasteiger partial charge in [0.15, 0.2) is 0 Å². The Morgan fingerprint density at radius 2 is 2.14 bits per heavy atom. The van der Waals surface area contributed by atoms with Crippen molar-refractivity contribution in [1.29, 1.82) is 0 Å². The molecule has 80 valence electrons. The molecule has 0 aliphatic carbocycles. The van der Waals surface area contributed by atoms with Gasteiger partial charge in [0.2, 0.25) is 11.8 Å². The Balaban J connectivity index is 2.01. The number of primary amides is 1. The van der Waals surface area contributed by atoms with E-state index < -0.39 is 0 Å². The van der Waals surface area contributed by atoms with Gasteiger partial charge < -0.3 is 15.7 Å². The number of aliphatic hydroxyl groups is 1. The van der Waals surface area contributed by atoms with E-state index in [2.05, 4.69) is 0 Å². The van der Waals surface area contributed by atoms with Crippen molar-refractivity contribution < 1.29 is 14.7 Å². The highest BCUT2D eigenvalue weighted by Crippen LogP contribution is 2.11. The van der Waals surface area contributed by atoms with Crippen LogP contribution in [0.4, 0.5) is 0 Å². The van der Waals surface area contributed by atoms with E-state index in [1.54, 1.807) is 4.90 Å². The number of hydrogen-bond donors (Lipinski definition) is 2. The quantitative estimate of drug-likeness (QED) is 0.568. The van der Waals surface area contributed by atoms with Crippen LogP contribution >= 0.6 is 11.8 Å². The van der Waals surface area contributed by atoms with Crippen LogP contribution in [0.3, 0.4) is 0 Å². The van der Waals surface area contributed by atoms with Crippen molar-refractivity contribution >= 4 is 23.6 Å². The summed E-state index contributed by atoms with van der Waals surface area (Å²) in [4.78, 5) is 23.3. The Bertz CT molecular complexity index is 229. The first kappa shape index (κ1) is 11.3. The lowest BCUT2D eigenvalue weighted by atomic mass is 10.1. The van der Waals surface area contributed by atoms with Crippen molar-refractivity contribution in [2.24, 2.45) is 5.73 Å². The third-order valence-electron chi connectivity index (χ3n) is 1.92. The molecule has 1 aliphatic heterocycles. The van der Waals surface area contributed by atoms with Crippen molar-refractivity contribution in [3.8, 4) is 0 Å². The minimum Gasteiger partial charge on any atom is -0.389 e. The zero-order chi connectivity index (χ0) is 10.6. The molecule has 0 saturated carbocycles. The molecule has 5 nitrogen and oxygen atoms in total. The molecular formula is C8H14N2O3S. The highest BCUT2D eigenvalue weighted by atomic mass is 32.2. The van der Waals surface area contributed by atoms with Crippen LogP contribution in [-0.2, 0) is 9.59 Å². The third kappa shape index (κ3) is 3.55. The molecule has 0 radical (unpaired) electrons. The van der Waals surface area contributed by atoms with Crippen molar-refractivity contribution in [3.63, 3.8) is 0 Å². The Kier molecular flexibility index (Phi) is 4.21. The van der Waals surface area contributed by atoms with Gasteiger partial charge in [0.1, 0.15) is 0 Å². The Morgan fingerprint density at radius 3 is 2.64 bits per heavy atom. The summed E-state index contributed by atoms with van der Waals surface area (Å²) in [6, 6.07) is 0. The van der Waals surface area contributed by atoms with Gasteiger partial charge in [-0.2, -0.15) is 11.8 Å². The smallest absolute Gasteiger partial charge is 0.227 e. The molecule has 0 aromatic rings. The SMILES string of the molecule is NC(=O)CSCCC(=O)N1CC(O)C1. The molecular weight excluding hydrogens is 204 g/mol. The van der Waals surface area contributed by atoms with E-state index in [-0.39, 0.29) is 23.7 Å². The number of rotatable bonds is 5. The molecule has 14 heavy (non-hydrogen) atoms. The highest BCUT2D eigenvalue weighted by molar-refractivity contribution is 7.99. The minimum atomic E-state index is -0.359. The lowest BCUT2D eigenvalue weighted by Gasteiger charge is -2.35. The standard InChI is InChI=1S/C8H14N2O3S/c9-7(12)5-14-2-1-8(13)10-3-6(11)4-10/h6,11H,1-5H2,(H2,9,12). The first-order valence-electron chi connectivity index (χ1n) is 4.41. The highest BCUT2D eigenvalue weighted by Gasteiger charge is 2.27. The van der Waals surface area contributed by atoms with E-state index >= 15 is 0 Å². The van der Waals surface area contributed by atoms with E-state index in [1.165, 1.54) is 11.8 Å². The maximum Gasteiger partial charge on any atom is 0.227 e. The molecule has 0 aromatic carbocycles. The van der Waals surface area contributed by atoms with Gasteiger partial charge in [-0.3, -0.25) is 9.59 Å². The van der Waals surface area contributed by atoms with Crippen LogP contribution in [-0.4, -0.2) is 52.5 Å². The molecule has 1 saturated heterocycles. The molecule has 1 rings (SSSR count). The van der Waals surface area contributed by atoms with Gasteiger partial charge in [-0.05, 0) is 0 Å². The number of likely N-dealkylation sites (tertiary alicyclic amines) is 1. The fourth-order valence-corrected chi connectivity index (χ4v) is 1.81.